The Hall–Kier alpha value is -3.30. The van der Waals surface area contributed by atoms with Crippen molar-refractivity contribution in [3.8, 4) is 0 Å². The van der Waals surface area contributed by atoms with Crippen molar-refractivity contribution in [1.29, 1.82) is 0 Å². The normalized spacial score (nSPS) is 21.7. The minimum atomic E-state index is -0.964. The Kier molecular flexibility index (Phi) is 9.29. The van der Waals surface area contributed by atoms with E-state index < -0.39 is 12.2 Å². The number of nitrogens with two attached hydrogens (primary N) is 1. The largest absolute Gasteiger partial charge is 0.436 e. The summed E-state index contributed by atoms with van der Waals surface area (Å²) < 4.78 is 6.08. The van der Waals surface area contributed by atoms with Crippen LogP contribution in [-0.4, -0.2) is 85.0 Å². The third-order valence-corrected chi connectivity index (χ3v) is 11.2. The van der Waals surface area contributed by atoms with Crippen molar-refractivity contribution < 1.29 is 19.1 Å². The van der Waals surface area contributed by atoms with Gasteiger partial charge in [-0.15, -0.1) is 0 Å². The van der Waals surface area contributed by atoms with Crippen LogP contribution in [0.2, 0.25) is 5.02 Å². The van der Waals surface area contributed by atoms with E-state index in [0.717, 1.165) is 54.2 Å². The SMILES string of the molecule is Cc1cc(C[C@@H](OC(=O)N2CCC3(CC2)CC(=O)Nc2ccccc23)C(=O)N2CCC(C3CCN(C)CC3)CC2)cc(Cl)c1N. The summed E-state index contributed by atoms with van der Waals surface area (Å²) in [5.74, 6) is 1.21. The summed E-state index contributed by atoms with van der Waals surface area (Å²) in [6.45, 7) is 6.44. The topological polar surface area (TPSA) is 108 Å². The van der Waals surface area contributed by atoms with Gasteiger partial charge in [0.25, 0.3) is 5.91 Å². The second-order valence-corrected chi connectivity index (χ2v) is 14.1. The highest BCUT2D eigenvalue weighted by Crippen LogP contribution is 2.45. The number of benzene rings is 2. The van der Waals surface area contributed by atoms with E-state index in [1.54, 1.807) is 11.0 Å². The highest BCUT2D eigenvalue weighted by Gasteiger charge is 2.44. The number of nitrogens with zero attached hydrogens (tertiary/aromatic N) is 3. The standard InChI is InChI=1S/C35H46ClN5O4/c1-23-19-24(20-28(36)32(23)37)21-30(33(43)40-15-9-26(10-16-40)25-7-13-39(2)14-8-25)45-34(44)41-17-11-35(12-18-41)22-31(42)38-29-6-4-3-5-27(29)35/h3-6,19-20,25-26,30H,7-18,21-22,37H2,1-2H3,(H,38,42)/t30-/m1/s1. The van der Waals surface area contributed by atoms with E-state index in [1.807, 2.05) is 36.1 Å². The van der Waals surface area contributed by atoms with E-state index in [2.05, 4.69) is 23.3 Å². The third-order valence-electron chi connectivity index (χ3n) is 10.9. The summed E-state index contributed by atoms with van der Waals surface area (Å²) in [7, 11) is 2.18. The molecule has 10 heteroatoms. The van der Waals surface area contributed by atoms with Crippen molar-refractivity contribution in [3.63, 3.8) is 0 Å². The molecule has 0 bridgehead atoms. The maximum absolute atomic E-state index is 14.0. The molecule has 3 saturated heterocycles. The maximum atomic E-state index is 14.0. The van der Waals surface area contributed by atoms with Crippen LogP contribution in [0, 0.1) is 18.8 Å². The van der Waals surface area contributed by atoms with Gasteiger partial charge in [0.05, 0.1) is 10.7 Å². The zero-order valence-electron chi connectivity index (χ0n) is 26.5. The fourth-order valence-electron chi connectivity index (χ4n) is 8.04. The molecule has 3 amide bonds. The summed E-state index contributed by atoms with van der Waals surface area (Å²) >= 11 is 6.41. The van der Waals surface area contributed by atoms with E-state index >= 15 is 0 Å². The lowest BCUT2D eigenvalue weighted by Crippen LogP contribution is -2.51. The van der Waals surface area contributed by atoms with Crippen molar-refractivity contribution >= 4 is 40.9 Å². The molecule has 2 aromatic rings. The Balaban J connectivity index is 1.13. The number of amides is 3. The van der Waals surface area contributed by atoms with Gasteiger partial charge in [-0.25, -0.2) is 4.79 Å². The number of carbonyl (C=O) groups is 3. The first-order chi connectivity index (χ1) is 21.6. The van der Waals surface area contributed by atoms with Crippen LogP contribution >= 0.6 is 11.6 Å². The van der Waals surface area contributed by atoms with E-state index in [-0.39, 0.29) is 23.7 Å². The van der Waals surface area contributed by atoms with Gasteiger partial charge < -0.3 is 30.5 Å². The number of hydrogen-bond donors (Lipinski definition) is 2. The smallest absolute Gasteiger partial charge is 0.410 e. The molecule has 3 fully saturated rings. The molecular weight excluding hydrogens is 590 g/mol. The van der Waals surface area contributed by atoms with Crippen molar-refractivity contribution in [3.05, 3.63) is 58.1 Å². The predicted molar refractivity (Wildman–Crippen MR) is 176 cm³/mol. The number of rotatable bonds is 5. The number of likely N-dealkylation sites (tertiary alicyclic amines) is 3. The number of piperidine rings is 3. The van der Waals surface area contributed by atoms with Crippen molar-refractivity contribution in [2.75, 3.05) is 57.4 Å². The molecule has 6 rings (SSSR count). The Labute approximate surface area is 271 Å². The van der Waals surface area contributed by atoms with Crippen LogP contribution in [-0.2, 0) is 26.2 Å². The highest BCUT2D eigenvalue weighted by molar-refractivity contribution is 6.33. The number of anilines is 2. The molecule has 0 aliphatic carbocycles. The molecule has 4 heterocycles. The van der Waals surface area contributed by atoms with E-state index in [1.165, 1.54) is 12.8 Å². The quantitative estimate of drug-likeness (QED) is 0.436. The molecule has 45 heavy (non-hydrogen) atoms. The van der Waals surface area contributed by atoms with Crippen LogP contribution < -0.4 is 11.1 Å². The number of nitrogens with one attached hydrogen (secondary N) is 1. The van der Waals surface area contributed by atoms with Gasteiger partial charge in [0.1, 0.15) is 0 Å². The fourth-order valence-corrected chi connectivity index (χ4v) is 8.33. The van der Waals surface area contributed by atoms with Crippen molar-refractivity contribution in [2.24, 2.45) is 11.8 Å². The van der Waals surface area contributed by atoms with Gasteiger partial charge in [0.15, 0.2) is 6.10 Å². The summed E-state index contributed by atoms with van der Waals surface area (Å²) in [4.78, 5) is 46.2. The monoisotopic (exact) mass is 635 g/mol. The molecule has 3 N–H and O–H groups in total. The van der Waals surface area contributed by atoms with E-state index in [0.29, 0.717) is 62.1 Å². The number of fused-ring (bicyclic) bond motifs is 2. The van der Waals surface area contributed by atoms with Gasteiger partial charge in [0.2, 0.25) is 5.91 Å². The molecule has 9 nitrogen and oxygen atoms in total. The molecule has 4 aliphatic rings. The Morgan fingerprint density at radius 2 is 1.64 bits per heavy atom. The van der Waals surface area contributed by atoms with Gasteiger partial charge >= 0.3 is 6.09 Å². The van der Waals surface area contributed by atoms with Crippen molar-refractivity contribution in [2.45, 2.75) is 69.8 Å². The summed E-state index contributed by atoms with van der Waals surface area (Å²) in [6.07, 6.45) is 4.90. The molecule has 1 atom stereocenters. The van der Waals surface area contributed by atoms with Gasteiger partial charge in [-0.1, -0.05) is 35.9 Å². The Morgan fingerprint density at radius 3 is 2.31 bits per heavy atom. The first-order valence-corrected chi connectivity index (χ1v) is 16.9. The van der Waals surface area contributed by atoms with Crippen LogP contribution in [0.25, 0.3) is 0 Å². The molecule has 0 saturated carbocycles. The van der Waals surface area contributed by atoms with Crippen LogP contribution in [0.5, 0.6) is 0 Å². The van der Waals surface area contributed by atoms with E-state index in [4.69, 9.17) is 22.1 Å². The molecule has 0 radical (unpaired) electrons. The summed E-state index contributed by atoms with van der Waals surface area (Å²) in [5, 5.41) is 3.42. The lowest BCUT2D eigenvalue weighted by molar-refractivity contribution is -0.142. The number of halogens is 1. The molecule has 4 aliphatic heterocycles. The van der Waals surface area contributed by atoms with Gasteiger partial charge in [0, 0.05) is 50.1 Å². The zero-order chi connectivity index (χ0) is 31.7. The Morgan fingerprint density at radius 1 is 1.00 bits per heavy atom. The average Bonchev–Trinajstić information content (AvgIpc) is 3.03. The number of carbonyl (C=O) groups excluding carboxylic acids is 3. The average molecular weight is 636 g/mol. The first kappa shape index (κ1) is 31.7. The zero-order valence-corrected chi connectivity index (χ0v) is 27.3. The van der Waals surface area contributed by atoms with Gasteiger partial charge in [-0.2, -0.15) is 0 Å². The molecule has 2 aromatic carbocycles. The van der Waals surface area contributed by atoms with Crippen LogP contribution in [0.15, 0.2) is 36.4 Å². The first-order valence-electron chi connectivity index (χ1n) is 16.5. The third kappa shape index (κ3) is 6.80. The molecule has 0 aromatic heterocycles. The van der Waals surface area contributed by atoms with Crippen LogP contribution in [0.3, 0.4) is 0 Å². The fraction of sp³-hybridized carbons (Fsp3) is 0.571. The Bertz CT molecular complexity index is 1400. The summed E-state index contributed by atoms with van der Waals surface area (Å²) in [5.41, 5.74) is 9.91. The van der Waals surface area contributed by atoms with Gasteiger partial charge in [-0.05, 0) is 106 Å². The number of nitrogen functional groups attached to an aromatic ring is 1. The predicted octanol–water partition coefficient (Wildman–Crippen LogP) is 5.23. The number of hydrogen-bond acceptors (Lipinski definition) is 6. The molecular formula is C35H46ClN5O4. The minimum Gasteiger partial charge on any atom is -0.436 e. The van der Waals surface area contributed by atoms with Crippen LogP contribution in [0.1, 0.15) is 61.6 Å². The van der Waals surface area contributed by atoms with Crippen molar-refractivity contribution in [1.82, 2.24) is 14.7 Å². The van der Waals surface area contributed by atoms with Gasteiger partial charge in [-0.3, -0.25) is 9.59 Å². The molecule has 242 valence electrons. The lowest BCUT2D eigenvalue weighted by atomic mass is 9.68. The highest BCUT2D eigenvalue weighted by atomic mass is 35.5. The molecule has 0 unspecified atom stereocenters. The lowest BCUT2D eigenvalue weighted by Gasteiger charge is -2.44. The number of aryl methyl sites for hydroxylation is 1. The van der Waals surface area contributed by atoms with Crippen LogP contribution in [0.4, 0.5) is 16.2 Å². The second kappa shape index (κ2) is 13.2. The summed E-state index contributed by atoms with van der Waals surface area (Å²) in [6, 6.07) is 11.6. The van der Waals surface area contributed by atoms with E-state index in [9.17, 15) is 14.4 Å². The number of ether oxygens (including phenoxy) is 1. The number of para-hydroxylation sites is 1. The minimum absolute atomic E-state index is 0.00688. The maximum Gasteiger partial charge on any atom is 0.410 e. The second-order valence-electron chi connectivity index (χ2n) is 13.7. The molecule has 1 spiro atoms.